The van der Waals surface area contributed by atoms with Crippen molar-refractivity contribution in [3.63, 3.8) is 0 Å². The molecule has 6 nitrogen and oxygen atoms in total. The van der Waals surface area contributed by atoms with Crippen LogP contribution in [0.25, 0.3) is 0 Å². The third kappa shape index (κ3) is 3.63. The van der Waals surface area contributed by atoms with E-state index in [9.17, 15) is 9.90 Å². The molecule has 2 N–H and O–H groups in total. The summed E-state index contributed by atoms with van der Waals surface area (Å²) in [5, 5.41) is 18.2. The van der Waals surface area contributed by atoms with Gasteiger partial charge in [0.1, 0.15) is 6.61 Å². The number of hydrogen-bond acceptors (Lipinski definition) is 5. The second-order valence-corrected chi connectivity index (χ2v) is 10.1. The highest BCUT2D eigenvalue weighted by molar-refractivity contribution is 5.89. The average Bonchev–Trinajstić information content (AvgIpc) is 3.07. The van der Waals surface area contributed by atoms with Crippen LogP contribution < -0.4 is 9.80 Å². The van der Waals surface area contributed by atoms with Crippen LogP contribution in [0, 0.1) is 0 Å². The Morgan fingerprint density at radius 1 is 1.06 bits per heavy atom. The van der Waals surface area contributed by atoms with Crippen molar-refractivity contribution in [2.75, 3.05) is 23.9 Å². The predicted octanol–water partition coefficient (Wildman–Crippen LogP) is 5.34. The van der Waals surface area contributed by atoms with E-state index < -0.39 is 5.97 Å². The fraction of sp³-hybridized carbons (Fsp3) is 0.370. The fourth-order valence-corrected chi connectivity index (χ4v) is 5.46. The monoisotopic (exact) mass is 448 g/mol. The molecule has 0 aliphatic carbocycles. The number of allylic oxidation sites excluding steroid dienone is 3. The summed E-state index contributed by atoms with van der Waals surface area (Å²) in [6.07, 6.45) is 6.48. The average molecular weight is 449 g/mol. The van der Waals surface area contributed by atoms with E-state index in [1.165, 1.54) is 11.3 Å². The van der Waals surface area contributed by atoms with Gasteiger partial charge in [-0.3, -0.25) is 5.26 Å². The first-order valence-electron chi connectivity index (χ1n) is 11.1. The Bertz CT molecular complexity index is 1160. The molecular weight excluding hydrogens is 416 g/mol. The second kappa shape index (κ2) is 8.04. The van der Waals surface area contributed by atoms with E-state index >= 15 is 0 Å². The van der Waals surface area contributed by atoms with E-state index in [1.54, 1.807) is 12.1 Å². The molecule has 0 aromatic heterocycles. The largest absolute Gasteiger partial charge is 0.478 e. The summed E-state index contributed by atoms with van der Waals surface area (Å²) in [6, 6.07) is 11.7. The lowest BCUT2D eigenvalue weighted by Gasteiger charge is -2.30. The van der Waals surface area contributed by atoms with Crippen molar-refractivity contribution in [1.29, 1.82) is 0 Å². The molecule has 0 amide bonds. The summed E-state index contributed by atoms with van der Waals surface area (Å²) in [6.45, 7) is 8.90. The number of likely N-dealkylation sites (N-methyl/N-ethyl adjacent to an activating group) is 2. The first kappa shape index (κ1) is 23.1. The number of carboxylic acid groups (broad SMARTS) is 1. The topological polar surface area (TPSA) is 73.2 Å². The Kier molecular flexibility index (Phi) is 5.63. The highest BCUT2D eigenvalue weighted by atomic mass is 17.1. The van der Waals surface area contributed by atoms with Crippen molar-refractivity contribution in [2.45, 2.75) is 51.2 Å². The number of hydrogen-bond donors (Lipinski definition) is 2. The van der Waals surface area contributed by atoms with E-state index in [2.05, 4.69) is 79.8 Å². The number of anilines is 2. The number of fused-ring (bicyclic) bond motifs is 2. The molecule has 0 bridgehead atoms. The molecular formula is C27H32N2O4. The maximum Gasteiger partial charge on any atom is 0.335 e. The molecule has 0 fully saturated rings. The molecule has 0 saturated carbocycles. The summed E-state index contributed by atoms with van der Waals surface area (Å²) < 4.78 is 0. The fourth-order valence-electron chi connectivity index (χ4n) is 5.46. The molecule has 2 aromatic rings. The van der Waals surface area contributed by atoms with Crippen LogP contribution >= 0.6 is 0 Å². The van der Waals surface area contributed by atoms with Gasteiger partial charge in [-0.25, -0.2) is 9.68 Å². The van der Waals surface area contributed by atoms with Gasteiger partial charge in [-0.2, -0.15) is 0 Å². The second-order valence-electron chi connectivity index (χ2n) is 10.1. The van der Waals surface area contributed by atoms with Crippen molar-refractivity contribution < 1.29 is 20.0 Å². The van der Waals surface area contributed by atoms with Crippen LogP contribution in [0.15, 0.2) is 60.3 Å². The number of nitrogens with zero attached hydrogens (tertiary/aromatic N) is 2. The van der Waals surface area contributed by atoms with Crippen LogP contribution in [-0.4, -0.2) is 36.5 Å². The quantitative estimate of drug-likeness (QED) is 0.475. The van der Waals surface area contributed by atoms with Gasteiger partial charge in [0, 0.05) is 42.0 Å². The lowest BCUT2D eigenvalue weighted by Crippen LogP contribution is -2.37. The van der Waals surface area contributed by atoms with Crippen LogP contribution in [-0.2, 0) is 22.3 Å². The highest BCUT2D eigenvalue weighted by Crippen LogP contribution is 2.48. The van der Waals surface area contributed by atoms with Crippen molar-refractivity contribution in [2.24, 2.45) is 0 Å². The number of carbonyl (C=O) groups is 1. The minimum absolute atomic E-state index is 0.124. The minimum Gasteiger partial charge on any atom is -0.478 e. The summed E-state index contributed by atoms with van der Waals surface area (Å²) in [4.78, 5) is 20.2. The normalized spacial score (nSPS) is 21.7. The molecule has 1 unspecified atom stereocenters. The standard InChI is InChI=1S/C27H32N2O4/c1-26(2)19-14-17(16-33-32)10-12-21(19)28(5)23(26)8-7-9-24-27(3,4)20-15-18(25(30)31)11-13-22(20)29(24)6/h7-15,23,32H,16H2,1-6H3,(H,30,31). The Hall–Kier alpha value is -3.09. The zero-order chi connectivity index (χ0) is 24.1. The Morgan fingerprint density at radius 3 is 2.42 bits per heavy atom. The van der Waals surface area contributed by atoms with Gasteiger partial charge < -0.3 is 14.9 Å². The Morgan fingerprint density at radius 2 is 1.76 bits per heavy atom. The van der Waals surface area contributed by atoms with Crippen LogP contribution in [0.2, 0.25) is 0 Å². The van der Waals surface area contributed by atoms with Gasteiger partial charge in [0.2, 0.25) is 0 Å². The molecule has 2 aliphatic rings. The zero-order valence-corrected chi connectivity index (χ0v) is 20.1. The minimum atomic E-state index is -0.909. The maximum atomic E-state index is 11.5. The molecule has 1 atom stereocenters. The zero-order valence-electron chi connectivity index (χ0n) is 20.1. The van der Waals surface area contributed by atoms with Gasteiger partial charge in [0.05, 0.1) is 11.6 Å². The molecule has 0 radical (unpaired) electrons. The van der Waals surface area contributed by atoms with Crippen LogP contribution in [0.5, 0.6) is 0 Å². The molecule has 174 valence electrons. The van der Waals surface area contributed by atoms with Gasteiger partial charge in [0.25, 0.3) is 0 Å². The Labute approximate surface area is 195 Å². The summed E-state index contributed by atoms with van der Waals surface area (Å²) in [5.41, 5.74) is 6.41. The predicted molar refractivity (Wildman–Crippen MR) is 131 cm³/mol. The smallest absolute Gasteiger partial charge is 0.335 e. The van der Waals surface area contributed by atoms with Gasteiger partial charge >= 0.3 is 5.97 Å². The van der Waals surface area contributed by atoms with E-state index in [-0.39, 0.29) is 23.5 Å². The van der Waals surface area contributed by atoms with E-state index in [4.69, 9.17) is 5.26 Å². The molecule has 0 spiro atoms. The van der Waals surface area contributed by atoms with Crippen molar-refractivity contribution in [3.8, 4) is 0 Å². The molecule has 6 heteroatoms. The number of benzene rings is 2. The van der Waals surface area contributed by atoms with Crippen LogP contribution in [0.4, 0.5) is 11.4 Å². The molecule has 2 aliphatic heterocycles. The van der Waals surface area contributed by atoms with Crippen molar-refractivity contribution in [1.82, 2.24) is 0 Å². The molecule has 33 heavy (non-hydrogen) atoms. The van der Waals surface area contributed by atoms with Crippen LogP contribution in [0.3, 0.4) is 0 Å². The van der Waals surface area contributed by atoms with Gasteiger partial charge in [0.15, 0.2) is 0 Å². The summed E-state index contributed by atoms with van der Waals surface area (Å²) in [7, 11) is 4.13. The number of carboxylic acids is 1. The lowest BCUT2D eigenvalue weighted by atomic mass is 9.79. The third-order valence-electron chi connectivity index (χ3n) is 7.35. The van der Waals surface area contributed by atoms with Crippen molar-refractivity contribution >= 4 is 17.3 Å². The first-order chi connectivity index (χ1) is 15.5. The third-order valence-corrected chi connectivity index (χ3v) is 7.35. The first-order valence-corrected chi connectivity index (χ1v) is 11.1. The van der Waals surface area contributed by atoms with Gasteiger partial charge in [-0.05, 0) is 47.0 Å². The maximum absolute atomic E-state index is 11.5. The van der Waals surface area contributed by atoms with Crippen LogP contribution in [0.1, 0.15) is 54.7 Å². The summed E-state index contributed by atoms with van der Waals surface area (Å²) in [5.74, 6) is -0.909. The summed E-state index contributed by atoms with van der Waals surface area (Å²) >= 11 is 0. The lowest BCUT2D eigenvalue weighted by molar-refractivity contribution is -0.253. The van der Waals surface area contributed by atoms with E-state index in [1.807, 2.05) is 19.2 Å². The molecule has 4 rings (SSSR count). The van der Waals surface area contributed by atoms with E-state index in [0.717, 1.165) is 22.5 Å². The SMILES string of the molecule is CN1C(=CC=CC2N(C)c3ccc(COO)cc3C2(C)C)C(C)(C)c2cc(C(=O)O)ccc21. The number of rotatable bonds is 5. The van der Waals surface area contributed by atoms with Crippen molar-refractivity contribution in [3.05, 3.63) is 82.6 Å². The van der Waals surface area contributed by atoms with Gasteiger partial charge in [-0.1, -0.05) is 52.0 Å². The molecule has 0 saturated heterocycles. The molecule has 2 aromatic carbocycles. The van der Waals surface area contributed by atoms with Gasteiger partial charge in [-0.15, -0.1) is 0 Å². The number of aromatic carboxylic acids is 1. The van der Waals surface area contributed by atoms with E-state index in [0.29, 0.717) is 5.56 Å². The highest BCUT2D eigenvalue weighted by Gasteiger charge is 2.42. The Balaban J connectivity index is 1.64. The molecule has 2 heterocycles.